The fraction of sp³-hybridized carbons (Fsp3) is 0.625. The van der Waals surface area contributed by atoms with Crippen LogP contribution in [0.5, 0.6) is 0 Å². The minimum absolute atomic E-state index is 0.0276. The van der Waals surface area contributed by atoms with Gasteiger partial charge in [0, 0.05) is 38.5 Å². The van der Waals surface area contributed by atoms with E-state index in [1.807, 2.05) is 14.0 Å². The SMILES string of the molecule is CCC(=O)N[C@@H](C(=O)N1CCN(C)CC1)[C@@H](C)c1ccc(NC(=O)[C@@H](NC(=O)c2nonc2CC)[C@H]2CC[C@H](C)CC2)c(F)c1. The second kappa shape index (κ2) is 15.4. The van der Waals surface area contributed by atoms with Crippen molar-refractivity contribution in [1.82, 2.24) is 30.7 Å². The Bertz CT molecular complexity index is 1350. The number of piperazine rings is 1. The second-order valence-electron chi connectivity index (χ2n) is 12.4. The van der Waals surface area contributed by atoms with E-state index in [4.69, 9.17) is 4.63 Å². The number of likely N-dealkylation sites (N-methyl/N-ethyl adjacent to an activating group) is 1. The van der Waals surface area contributed by atoms with Gasteiger partial charge in [0.05, 0.1) is 5.69 Å². The molecule has 3 atom stereocenters. The molecule has 0 unspecified atom stereocenters. The predicted molar refractivity (Wildman–Crippen MR) is 166 cm³/mol. The summed E-state index contributed by atoms with van der Waals surface area (Å²) in [5.41, 5.74) is 0.876. The van der Waals surface area contributed by atoms with Gasteiger partial charge < -0.3 is 25.8 Å². The first-order valence-electron chi connectivity index (χ1n) is 16.0. The van der Waals surface area contributed by atoms with E-state index in [1.165, 1.54) is 12.1 Å². The number of hydrogen-bond donors (Lipinski definition) is 3. The molecular weight excluding hydrogens is 581 g/mol. The molecule has 4 rings (SSSR count). The molecule has 1 saturated heterocycles. The summed E-state index contributed by atoms with van der Waals surface area (Å²) in [4.78, 5) is 56.5. The smallest absolute Gasteiger partial charge is 0.276 e. The van der Waals surface area contributed by atoms with Crippen molar-refractivity contribution in [2.75, 3.05) is 38.5 Å². The molecule has 0 bridgehead atoms. The van der Waals surface area contributed by atoms with E-state index in [2.05, 4.69) is 38.1 Å². The number of nitrogens with zero attached hydrogens (tertiary/aromatic N) is 4. The van der Waals surface area contributed by atoms with Crippen molar-refractivity contribution < 1.29 is 28.2 Å². The fourth-order valence-electron chi connectivity index (χ4n) is 6.06. The van der Waals surface area contributed by atoms with E-state index in [9.17, 15) is 19.2 Å². The number of hydrogen-bond acceptors (Lipinski definition) is 8. The third-order valence-electron chi connectivity index (χ3n) is 9.20. The van der Waals surface area contributed by atoms with Crippen LogP contribution in [0.4, 0.5) is 10.1 Å². The third kappa shape index (κ3) is 8.44. The molecule has 1 aromatic carbocycles. The van der Waals surface area contributed by atoms with Crippen LogP contribution >= 0.6 is 0 Å². The van der Waals surface area contributed by atoms with Gasteiger partial charge in [-0.2, -0.15) is 0 Å². The molecule has 2 aromatic rings. The molecule has 2 aliphatic rings. The number of benzene rings is 1. The van der Waals surface area contributed by atoms with Crippen LogP contribution < -0.4 is 16.0 Å². The topological polar surface area (TPSA) is 150 Å². The van der Waals surface area contributed by atoms with E-state index >= 15 is 4.39 Å². The maximum absolute atomic E-state index is 15.6. The van der Waals surface area contributed by atoms with Gasteiger partial charge in [-0.05, 0) is 61.0 Å². The van der Waals surface area contributed by atoms with E-state index < -0.39 is 35.6 Å². The summed E-state index contributed by atoms with van der Waals surface area (Å²) in [7, 11) is 1.99. The third-order valence-corrected chi connectivity index (χ3v) is 9.20. The van der Waals surface area contributed by atoms with Gasteiger partial charge in [-0.15, -0.1) is 0 Å². The van der Waals surface area contributed by atoms with Gasteiger partial charge in [0.2, 0.25) is 17.7 Å². The van der Waals surface area contributed by atoms with E-state index in [0.29, 0.717) is 36.7 Å². The van der Waals surface area contributed by atoms with Crippen molar-refractivity contribution in [3.8, 4) is 0 Å². The molecule has 13 heteroatoms. The highest BCUT2D eigenvalue weighted by Gasteiger charge is 2.35. The Kier molecular flexibility index (Phi) is 11.7. The summed E-state index contributed by atoms with van der Waals surface area (Å²) >= 11 is 0. The van der Waals surface area contributed by atoms with Crippen LogP contribution in [0.25, 0.3) is 0 Å². The Morgan fingerprint density at radius 2 is 1.71 bits per heavy atom. The molecular formula is C32H46FN7O5. The molecule has 2 heterocycles. The second-order valence-corrected chi connectivity index (χ2v) is 12.4. The number of rotatable bonds is 11. The monoisotopic (exact) mass is 627 g/mol. The van der Waals surface area contributed by atoms with Crippen molar-refractivity contribution in [2.45, 2.75) is 84.2 Å². The van der Waals surface area contributed by atoms with Gasteiger partial charge in [0.15, 0.2) is 5.69 Å². The number of carbonyl (C=O) groups excluding carboxylic acids is 4. The summed E-state index contributed by atoms with van der Waals surface area (Å²) < 4.78 is 20.3. The first-order chi connectivity index (χ1) is 21.5. The number of anilines is 1. The first kappa shape index (κ1) is 34.0. The van der Waals surface area contributed by atoms with E-state index in [0.717, 1.165) is 38.8 Å². The molecule has 45 heavy (non-hydrogen) atoms. The van der Waals surface area contributed by atoms with Gasteiger partial charge >= 0.3 is 0 Å². The quantitative estimate of drug-likeness (QED) is 0.344. The highest BCUT2D eigenvalue weighted by Crippen LogP contribution is 2.32. The molecule has 246 valence electrons. The fourth-order valence-corrected chi connectivity index (χ4v) is 6.06. The normalized spacial score (nSPS) is 21.0. The molecule has 1 saturated carbocycles. The van der Waals surface area contributed by atoms with Gasteiger partial charge in [0.1, 0.15) is 23.6 Å². The predicted octanol–water partition coefficient (Wildman–Crippen LogP) is 3.11. The van der Waals surface area contributed by atoms with Gasteiger partial charge in [-0.3, -0.25) is 19.2 Å². The average Bonchev–Trinajstić information content (AvgIpc) is 3.53. The van der Waals surface area contributed by atoms with Crippen LogP contribution in [-0.2, 0) is 20.8 Å². The standard InChI is InChI=1S/C32H46FN7O5/c1-6-24-29(38-45-37-24)31(43)36-28(21-10-8-19(3)9-11-21)30(42)34-25-13-12-22(18-23(25)33)20(4)27(35-26(41)7-2)32(44)40-16-14-39(5)15-17-40/h12-13,18-21,27-28H,6-11,14-17H2,1-5H3,(H,34,42)(H,35,41)(H,36,43)/t19-,20-,21-,27+,28-/m0/s1. The Morgan fingerprint density at radius 3 is 2.33 bits per heavy atom. The van der Waals surface area contributed by atoms with Crippen LogP contribution in [0.1, 0.15) is 87.5 Å². The van der Waals surface area contributed by atoms with Crippen LogP contribution in [-0.4, -0.2) is 89.1 Å². The summed E-state index contributed by atoms with van der Waals surface area (Å²) in [6.07, 6.45) is 3.96. The lowest BCUT2D eigenvalue weighted by atomic mass is 9.79. The van der Waals surface area contributed by atoms with Gasteiger partial charge in [-0.1, -0.05) is 51.8 Å². The Hall–Kier alpha value is -3.87. The van der Waals surface area contributed by atoms with Crippen molar-refractivity contribution in [3.05, 3.63) is 41.0 Å². The molecule has 2 fully saturated rings. The zero-order valence-corrected chi connectivity index (χ0v) is 26.9. The highest BCUT2D eigenvalue weighted by atomic mass is 19.1. The summed E-state index contributed by atoms with van der Waals surface area (Å²) in [5.74, 6) is -2.41. The van der Waals surface area contributed by atoms with Crippen LogP contribution in [0.3, 0.4) is 0 Å². The molecule has 12 nitrogen and oxygen atoms in total. The summed E-state index contributed by atoms with van der Waals surface area (Å²) in [6, 6.07) is 2.60. The number of amides is 4. The molecule has 4 amide bonds. The Labute approximate surface area is 263 Å². The number of aryl methyl sites for hydroxylation is 1. The molecule has 1 aliphatic carbocycles. The minimum atomic E-state index is -0.917. The number of nitrogens with one attached hydrogen (secondary N) is 3. The molecule has 0 radical (unpaired) electrons. The maximum atomic E-state index is 15.6. The van der Waals surface area contributed by atoms with E-state index in [1.54, 1.807) is 24.8 Å². The Balaban J connectivity index is 1.52. The largest absolute Gasteiger partial charge is 0.344 e. The van der Waals surface area contributed by atoms with Gasteiger partial charge in [0.25, 0.3) is 5.91 Å². The van der Waals surface area contributed by atoms with Crippen molar-refractivity contribution in [2.24, 2.45) is 11.8 Å². The number of halogens is 1. The van der Waals surface area contributed by atoms with Crippen molar-refractivity contribution in [1.29, 1.82) is 0 Å². The lowest BCUT2D eigenvalue weighted by Crippen LogP contribution is -2.55. The van der Waals surface area contributed by atoms with Crippen LogP contribution in [0, 0.1) is 17.7 Å². The molecule has 0 spiro atoms. The van der Waals surface area contributed by atoms with Gasteiger partial charge in [-0.25, -0.2) is 9.02 Å². The number of aromatic nitrogens is 2. The summed E-state index contributed by atoms with van der Waals surface area (Å²) in [6.45, 7) is 10.0. The lowest BCUT2D eigenvalue weighted by Gasteiger charge is -2.36. The zero-order valence-electron chi connectivity index (χ0n) is 26.9. The van der Waals surface area contributed by atoms with Crippen LogP contribution in [0.15, 0.2) is 22.8 Å². The van der Waals surface area contributed by atoms with Crippen LogP contribution in [0.2, 0.25) is 0 Å². The number of carbonyl (C=O) groups is 4. The van der Waals surface area contributed by atoms with E-state index in [-0.39, 0.29) is 35.5 Å². The lowest BCUT2D eigenvalue weighted by molar-refractivity contribution is -0.138. The van der Waals surface area contributed by atoms with Crippen molar-refractivity contribution in [3.63, 3.8) is 0 Å². The maximum Gasteiger partial charge on any atom is 0.276 e. The average molecular weight is 628 g/mol. The Morgan fingerprint density at radius 1 is 1.02 bits per heavy atom. The highest BCUT2D eigenvalue weighted by molar-refractivity contribution is 6.01. The van der Waals surface area contributed by atoms with Crippen molar-refractivity contribution >= 4 is 29.3 Å². The summed E-state index contributed by atoms with van der Waals surface area (Å²) in [5, 5.41) is 15.8. The molecule has 3 N–H and O–H groups in total. The first-order valence-corrected chi connectivity index (χ1v) is 16.0. The molecule has 1 aliphatic heterocycles. The molecule has 1 aromatic heterocycles. The minimum Gasteiger partial charge on any atom is -0.344 e. The zero-order chi connectivity index (χ0) is 32.7.